The fraction of sp³-hybridized carbons (Fsp3) is 0.263. The standard InChI is InChI=1S/C19H21N5O2S/c1-12(2)10-18(25)21-19(27)20-13-4-9-16-17(11-13)23-24(22-16)14-5-7-15(26-3)8-6-14/h4-9,11-12H,10H2,1-3H3,(H2,20,21,25,27). The van der Waals surface area contributed by atoms with Crippen LogP contribution in [0, 0.1) is 5.92 Å². The smallest absolute Gasteiger partial charge is 0.226 e. The van der Waals surface area contributed by atoms with Crippen molar-refractivity contribution in [1.29, 1.82) is 0 Å². The third kappa shape index (κ3) is 4.79. The zero-order valence-corrected chi connectivity index (χ0v) is 16.2. The first-order valence-electron chi connectivity index (χ1n) is 8.57. The van der Waals surface area contributed by atoms with Crippen LogP contribution in [0.5, 0.6) is 5.75 Å². The molecule has 1 aromatic heterocycles. The highest BCUT2D eigenvalue weighted by Gasteiger charge is 2.09. The lowest BCUT2D eigenvalue weighted by Crippen LogP contribution is -2.34. The van der Waals surface area contributed by atoms with Gasteiger partial charge in [0, 0.05) is 12.1 Å². The number of carbonyl (C=O) groups is 1. The molecule has 2 N–H and O–H groups in total. The Labute approximate surface area is 162 Å². The second-order valence-electron chi connectivity index (χ2n) is 6.49. The van der Waals surface area contributed by atoms with Gasteiger partial charge in [0.15, 0.2) is 5.11 Å². The minimum Gasteiger partial charge on any atom is -0.497 e. The number of benzene rings is 2. The number of nitrogens with zero attached hydrogens (tertiary/aromatic N) is 3. The molecule has 0 aliphatic heterocycles. The zero-order chi connectivity index (χ0) is 19.4. The molecule has 0 bridgehead atoms. The number of amides is 1. The molecule has 0 atom stereocenters. The minimum absolute atomic E-state index is 0.103. The summed E-state index contributed by atoms with van der Waals surface area (Å²) in [6.07, 6.45) is 0.428. The van der Waals surface area contributed by atoms with Gasteiger partial charge in [-0.05, 0) is 60.6 Å². The Balaban J connectivity index is 1.73. The normalized spacial score (nSPS) is 10.8. The Morgan fingerprint density at radius 2 is 1.85 bits per heavy atom. The highest BCUT2D eigenvalue weighted by molar-refractivity contribution is 7.80. The Hall–Kier alpha value is -3.00. The molecule has 3 aromatic rings. The number of hydrogen-bond acceptors (Lipinski definition) is 5. The molecule has 1 heterocycles. The monoisotopic (exact) mass is 383 g/mol. The number of fused-ring (bicyclic) bond motifs is 1. The van der Waals surface area contributed by atoms with Gasteiger partial charge < -0.3 is 15.4 Å². The van der Waals surface area contributed by atoms with Crippen molar-refractivity contribution in [2.24, 2.45) is 5.92 Å². The molecule has 1 amide bonds. The fourth-order valence-corrected chi connectivity index (χ4v) is 2.77. The van der Waals surface area contributed by atoms with Crippen molar-refractivity contribution >= 4 is 40.0 Å². The van der Waals surface area contributed by atoms with Gasteiger partial charge >= 0.3 is 0 Å². The summed E-state index contributed by atoms with van der Waals surface area (Å²) in [6, 6.07) is 13.0. The second-order valence-corrected chi connectivity index (χ2v) is 6.90. The second kappa shape index (κ2) is 8.13. The van der Waals surface area contributed by atoms with Crippen LogP contribution in [0.15, 0.2) is 42.5 Å². The number of nitrogens with one attached hydrogen (secondary N) is 2. The summed E-state index contributed by atoms with van der Waals surface area (Å²) in [7, 11) is 1.62. The molecule has 0 saturated carbocycles. The van der Waals surface area contributed by atoms with E-state index in [1.54, 1.807) is 11.9 Å². The van der Waals surface area contributed by atoms with Crippen molar-refractivity contribution in [1.82, 2.24) is 20.3 Å². The van der Waals surface area contributed by atoms with Crippen LogP contribution < -0.4 is 15.4 Å². The van der Waals surface area contributed by atoms with Crippen LogP contribution >= 0.6 is 12.2 Å². The number of hydrogen-bond donors (Lipinski definition) is 2. The highest BCUT2D eigenvalue weighted by atomic mass is 32.1. The van der Waals surface area contributed by atoms with E-state index in [0.717, 1.165) is 22.6 Å². The van der Waals surface area contributed by atoms with Crippen LogP contribution in [0.2, 0.25) is 0 Å². The van der Waals surface area contributed by atoms with E-state index < -0.39 is 0 Å². The van der Waals surface area contributed by atoms with E-state index >= 15 is 0 Å². The molecule has 2 aromatic carbocycles. The van der Waals surface area contributed by atoms with E-state index in [0.29, 0.717) is 11.9 Å². The molecule has 0 fully saturated rings. The number of rotatable bonds is 5. The lowest BCUT2D eigenvalue weighted by atomic mass is 10.1. The first-order valence-corrected chi connectivity index (χ1v) is 8.98. The van der Waals surface area contributed by atoms with Crippen LogP contribution in [0.4, 0.5) is 5.69 Å². The quantitative estimate of drug-likeness (QED) is 0.658. The molecule has 8 heteroatoms. The molecule has 27 heavy (non-hydrogen) atoms. The average molecular weight is 383 g/mol. The topological polar surface area (TPSA) is 81.1 Å². The first kappa shape index (κ1) is 18.8. The van der Waals surface area contributed by atoms with E-state index in [4.69, 9.17) is 17.0 Å². The van der Waals surface area contributed by atoms with Gasteiger partial charge in [0.1, 0.15) is 16.8 Å². The maximum atomic E-state index is 11.8. The van der Waals surface area contributed by atoms with Crippen molar-refractivity contribution < 1.29 is 9.53 Å². The molecule has 0 unspecified atom stereocenters. The van der Waals surface area contributed by atoms with Crippen molar-refractivity contribution in [3.8, 4) is 11.4 Å². The highest BCUT2D eigenvalue weighted by Crippen LogP contribution is 2.19. The van der Waals surface area contributed by atoms with Crippen molar-refractivity contribution in [2.75, 3.05) is 12.4 Å². The summed E-state index contributed by atoms with van der Waals surface area (Å²) in [5.74, 6) is 0.946. The van der Waals surface area contributed by atoms with E-state index in [1.165, 1.54) is 0 Å². The molecule has 3 rings (SSSR count). The zero-order valence-electron chi connectivity index (χ0n) is 15.4. The van der Waals surface area contributed by atoms with Gasteiger partial charge in [0.05, 0.1) is 12.8 Å². The van der Waals surface area contributed by atoms with Gasteiger partial charge in [-0.3, -0.25) is 4.79 Å². The lowest BCUT2D eigenvalue weighted by Gasteiger charge is -2.10. The van der Waals surface area contributed by atoms with E-state index in [1.807, 2.05) is 56.3 Å². The number of aromatic nitrogens is 3. The van der Waals surface area contributed by atoms with Crippen molar-refractivity contribution in [3.63, 3.8) is 0 Å². The van der Waals surface area contributed by atoms with Crippen LogP contribution in [0.25, 0.3) is 16.7 Å². The summed E-state index contributed by atoms with van der Waals surface area (Å²) in [5.41, 5.74) is 3.04. The van der Waals surface area contributed by atoms with Gasteiger partial charge in [0.2, 0.25) is 5.91 Å². The molecular weight excluding hydrogens is 362 g/mol. The lowest BCUT2D eigenvalue weighted by molar-refractivity contribution is -0.120. The maximum absolute atomic E-state index is 11.8. The van der Waals surface area contributed by atoms with Gasteiger partial charge in [-0.25, -0.2) is 0 Å². The first-order chi connectivity index (χ1) is 12.9. The summed E-state index contributed by atoms with van der Waals surface area (Å²) >= 11 is 5.20. The Morgan fingerprint density at radius 1 is 1.15 bits per heavy atom. The average Bonchev–Trinajstić information content (AvgIpc) is 3.04. The van der Waals surface area contributed by atoms with Crippen molar-refractivity contribution in [2.45, 2.75) is 20.3 Å². The van der Waals surface area contributed by atoms with Crippen molar-refractivity contribution in [3.05, 3.63) is 42.5 Å². The number of ether oxygens (including phenoxy) is 1. The van der Waals surface area contributed by atoms with Crippen LogP contribution in [-0.2, 0) is 4.79 Å². The Bertz CT molecular complexity index is 966. The van der Waals surface area contributed by atoms with E-state index in [9.17, 15) is 4.79 Å². The SMILES string of the molecule is COc1ccc(-n2nc3ccc(NC(=S)NC(=O)CC(C)C)cc3n2)cc1. The number of thiocarbonyl (C=S) groups is 1. The predicted molar refractivity (Wildman–Crippen MR) is 109 cm³/mol. The van der Waals surface area contributed by atoms with Gasteiger partial charge in [0.25, 0.3) is 0 Å². The van der Waals surface area contributed by atoms with Crippen LogP contribution in [0.1, 0.15) is 20.3 Å². The molecule has 7 nitrogen and oxygen atoms in total. The predicted octanol–water partition coefficient (Wildman–Crippen LogP) is 3.29. The Kier molecular flexibility index (Phi) is 5.66. The third-order valence-electron chi connectivity index (χ3n) is 3.79. The summed E-state index contributed by atoms with van der Waals surface area (Å²) < 4.78 is 5.16. The number of methoxy groups -OCH3 is 1. The summed E-state index contributed by atoms with van der Waals surface area (Å²) in [4.78, 5) is 13.4. The van der Waals surface area contributed by atoms with Gasteiger partial charge in [-0.2, -0.15) is 4.80 Å². The van der Waals surface area contributed by atoms with E-state index in [2.05, 4.69) is 20.8 Å². The maximum Gasteiger partial charge on any atom is 0.226 e. The molecule has 0 aliphatic carbocycles. The fourth-order valence-electron chi connectivity index (χ4n) is 2.53. The van der Waals surface area contributed by atoms with Crippen LogP contribution in [-0.4, -0.2) is 33.1 Å². The molecular formula is C19H21N5O2S. The molecule has 0 spiro atoms. The van der Waals surface area contributed by atoms with Gasteiger partial charge in [-0.1, -0.05) is 13.8 Å². The largest absolute Gasteiger partial charge is 0.497 e. The summed E-state index contributed by atoms with van der Waals surface area (Å²) in [5, 5.41) is 14.9. The third-order valence-corrected chi connectivity index (χ3v) is 3.99. The molecule has 0 saturated heterocycles. The molecule has 0 aliphatic rings. The molecule has 140 valence electrons. The van der Waals surface area contributed by atoms with Crippen LogP contribution in [0.3, 0.4) is 0 Å². The number of carbonyl (C=O) groups excluding carboxylic acids is 1. The number of anilines is 1. The minimum atomic E-state index is -0.103. The van der Waals surface area contributed by atoms with E-state index in [-0.39, 0.29) is 16.9 Å². The van der Waals surface area contributed by atoms with Gasteiger partial charge in [-0.15, -0.1) is 10.2 Å². The summed E-state index contributed by atoms with van der Waals surface area (Å²) in [6.45, 7) is 3.96. The Morgan fingerprint density at radius 3 is 2.52 bits per heavy atom. The molecule has 0 radical (unpaired) electrons.